The molecule has 5 heteroatoms. The zero-order chi connectivity index (χ0) is 10.6. The zero-order valence-electron chi connectivity index (χ0n) is 7.73. The molecule has 0 aliphatic rings. The first kappa shape index (κ1) is 11.2. The smallest absolute Gasteiger partial charge is 0.122 e. The van der Waals surface area contributed by atoms with Crippen LogP contribution in [0.15, 0.2) is 23.1 Å². The number of aryl methyl sites for hydroxylation is 1. The van der Waals surface area contributed by atoms with Crippen LogP contribution in [0.2, 0.25) is 0 Å². The Morgan fingerprint density at radius 2 is 2.29 bits per heavy atom. The molecule has 0 aromatic heterocycles. The summed E-state index contributed by atoms with van der Waals surface area (Å²) in [6, 6.07) is 4.56. The molecule has 1 aromatic carbocycles. The zero-order valence-corrected chi connectivity index (χ0v) is 8.54. The van der Waals surface area contributed by atoms with Crippen molar-refractivity contribution in [2.24, 2.45) is 0 Å². The number of ether oxygens (including phenoxy) is 1. The molecule has 78 valence electrons. The lowest BCUT2D eigenvalue weighted by Gasteiger charge is -2.10. The number of benzene rings is 1. The molecule has 0 radical (unpaired) electrons. The molecule has 1 N–H and O–H groups in total. The molecule has 0 saturated carbocycles. The summed E-state index contributed by atoms with van der Waals surface area (Å²) in [7, 11) is 0. The van der Waals surface area contributed by atoms with Crippen molar-refractivity contribution in [3.05, 3.63) is 23.8 Å². The van der Waals surface area contributed by atoms with Crippen LogP contribution in [0.25, 0.3) is 0 Å². The van der Waals surface area contributed by atoms with Crippen LogP contribution in [0.5, 0.6) is 5.75 Å². The van der Waals surface area contributed by atoms with Crippen LogP contribution in [0.3, 0.4) is 0 Å². The van der Waals surface area contributed by atoms with E-state index in [1.165, 1.54) is 12.1 Å². The summed E-state index contributed by atoms with van der Waals surface area (Å²) in [6.07, 6.45) is 0. The fourth-order valence-electron chi connectivity index (χ4n) is 1.04. The van der Waals surface area contributed by atoms with Crippen molar-refractivity contribution in [1.29, 1.82) is 0 Å². The summed E-state index contributed by atoms with van der Waals surface area (Å²) in [5, 5.41) is 8.54. The molecule has 1 unspecified atom stereocenters. The predicted molar refractivity (Wildman–Crippen MR) is 50.9 cm³/mol. The van der Waals surface area contributed by atoms with Crippen LogP contribution in [0.1, 0.15) is 5.56 Å². The fraction of sp³-hybridized carbons (Fsp3) is 0.333. The lowest BCUT2D eigenvalue weighted by molar-refractivity contribution is 0.200. The van der Waals surface area contributed by atoms with Gasteiger partial charge in [-0.1, -0.05) is 0 Å². The van der Waals surface area contributed by atoms with E-state index in [1.807, 2.05) is 0 Å². The molecule has 0 heterocycles. The third-order valence-electron chi connectivity index (χ3n) is 1.69. The number of hydrogen-bond donors (Lipinski definition) is 1. The van der Waals surface area contributed by atoms with Gasteiger partial charge < -0.3 is 14.4 Å². The van der Waals surface area contributed by atoms with Gasteiger partial charge in [-0.05, 0) is 41.8 Å². The van der Waals surface area contributed by atoms with Gasteiger partial charge in [0.1, 0.15) is 12.4 Å². The highest BCUT2D eigenvalue weighted by molar-refractivity contribution is 7.79. The van der Waals surface area contributed by atoms with Crippen molar-refractivity contribution >= 4 is 11.1 Å². The normalized spacial score (nSPS) is 12.5. The van der Waals surface area contributed by atoms with Gasteiger partial charge in [0.15, 0.2) is 0 Å². The monoisotopic (exact) mass is 215 g/mol. The van der Waals surface area contributed by atoms with Gasteiger partial charge in [0.25, 0.3) is 0 Å². The van der Waals surface area contributed by atoms with Gasteiger partial charge in [0.05, 0.1) is 6.61 Å². The van der Waals surface area contributed by atoms with Crippen molar-refractivity contribution in [2.45, 2.75) is 11.8 Å². The molecule has 1 atom stereocenters. The van der Waals surface area contributed by atoms with Crippen molar-refractivity contribution in [3.8, 4) is 5.75 Å². The first-order valence-electron chi connectivity index (χ1n) is 4.08. The van der Waals surface area contributed by atoms with E-state index in [9.17, 15) is 8.76 Å². The third kappa shape index (κ3) is 2.80. The third-order valence-corrected chi connectivity index (χ3v) is 2.33. The number of rotatable bonds is 4. The maximum atomic E-state index is 10.6. The molecule has 0 aliphatic heterocycles. The Morgan fingerprint density at radius 3 is 2.79 bits per heavy atom. The Balaban J connectivity index is 2.84. The Hall–Kier alpha value is -0.910. The van der Waals surface area contributed by atoms with Gasteiger partial charge in [0, 0.05) is 4.90 Å². The highest BCUT2D eigenvalue weighted by Gasteiger charge is 2.00. The van der Waals surface area contributed by atoms with Crippen molar-refractivity contribution < 1.29 is 18.6 Å². The average molecular weight is 215 g/mol. The standard InChI is InChI=1S/C9H12O4S/c1-7-6-8(14(11)12)2-3-9(7)13-5-4-10/h2-3,6,10H,4-5H2,1H3,(H,11,12)/p-1. The molecule has 0 spiro atoms. The first-order valence-corrected chi connectivity index (χ1v) is 5.16. The maximum Gasteiger partial charge on any atom is 0.122 e. The highest BCUT2D eigenvalue weighted by atomic mass is 32.2. The van der Waals surface area contributed by atoms with Crippen LogP contribution in [0.4, 0.5) is 0 Å². The molecule has 0 fully saturated rings. The van der Waals surface area contributed by atoms with E-state index in [0.29, 0.717) is 5.75 Å². The van der Waals surface area contributed by atoms with Crippen LogP contribution < -0.4 is 4.74 Å². The van der Waals surface area contributed by atoms with Crippen molar-refractivity contribution in [1.82, 2.24) is 0 Å². The van der Waals surface area contributed by atoms with Crippen LogP contribution in [0, 0.1) is 6.92 Å². The van der Waals surface area contributed by atoms with Gasteiger partial charge in [0.2, 0.25) is 0 Å². The molecule has 0 bridgehead atoms. The number of aliphatic hydroxyl groups excluding tert-OH is 1. The Kier molecular flexibility index (Phi) is 4.06. The molecular weight excluding hydrogens is 204 g/mol. The second kappa shape index (κ2) is 5.09. The average Bonchev–Trinajstić information content (AvgIpc) is 2.15. The van der Waals surface area contributed by atoms with E-state index >= 15 is 0 Å². The molecule has 0 amide bonds. The van der Waals surface area contributed by atoms with Crippen LogP contribution in [-0.2, 0) is 11.1 Å². The van der Waals surface area contributed by atoms with E-state index in [4.69, 9.17) is 9.84 Å². The lowest BCUT2D eigenvalue weighted by atomic mass is 10.2. The topological polar surface area (TPSA) is 69.6 Å². The lowest BCUT2D eigenvalue weighted by Crippen LogP contribution is -2.03. The molecule has 0 aliphatic carbocycles. The largest absolute Gasteiger partial charge is 0.768 e. The maximum absolute atomic E-state index is 10.6. The van der Waals surface area contributed by atoms with E-state index in [2.05, 4.69) is 0 Å². The predicted octanol–water partition coefficient (Wildman–Crippen LogP) is 0.604. The Labute approximate surface area is 84.8 Å². The second-order valence-corrected chi connectivity index (χ2v) is 3.67. The van der Waals surface area contributed by atoms with Gasteiger partial charge in [-0.2, -0.15) is 0 Å². The minimum Gasteiger partial charge on any atom is -0.768 e. The SMILES string of the molecule is Cc1cc(S(=O)[O-])ccc1OCCO. The van der Waals surface area contributed by atoms with Gasteiger partial charge in [-0.15, -0.1) is 0 Å². The summed E-state index contributed by atoms with van der Waals surface area (Å²) in [4.78, 5) is 0.235. The molecule has 14 heavy (non-hydrogen) atoms. The second-order valence-electron chi connectivity index (χ2n) is 2.73. The van der Waals surface area contributed by atoms with Gasteiger partial charge in [-0.25, -0.2) is 0 Å². The summed E-state index contributed by atoms with van der Waals surface area (Å²) in [5.41, 5.74) is 0.736. The van der Waals surface area contributed by atoms with Gasteiger partial charge >= 0.3 is 0 Å². The summed E-state index contributed by atoms with van der Waals surface area (Å²) in [6.45, 7) is 1.90. The van der Waals surface area contributed by atoms with Gasteiger partial charge in [-0.3, -0.25) is 4.21 Å². The summed E-state index contributed by atoms with van der Waals surface area (Å²) >= 11 is -2.21. The van der Waals surface area contributed by atoms with E-state index in [-0.39, 0.29) is 18.1 Å². The molecule has 1 rings (SSSR count). The minimum atomic E-state index is -2.21. The minimum absolute atomic E-state index is 0.0608. The fourth-order valence-corrected chi connectivity index (χ4v) is 1.50. The molecular formula is C9H11O4S-. The summed E-state index contributed by atoms with van der Waals surface area (Å²) < 4.78 is 26.4. The number of aliphatic hydroxyl groups is 1. The Bertz CT molecular complexity index is 338. The van der Waals surface area contributed by atoms with Crippen molar-refractivity contribution in [2.75, 3.05) is 13.2 Å². The van der Waals surface area contributed by atoms with Crippen molar-refractivity contribution in [3.63, 3.8) is 0 Å². The molecule has 4 nitrogen and oxygen atoms in total. The number of hydrogen-bond acceptors (Lipinski definition) is 4. The summed E-state index contributed by atoms with van der Waals surface area (Å²) in [5.74, 6) is 0.591. The molecule has 1 aromatic rings. The quantitative estimate of drug-likeness (QED) is 0.747. The van der Waals surface area contributed by atoms with E-state index in [1.54, 1.807) is 13.0 Å². The van der Waals surface area contributed by atoms with E-state index in [0.717, 1.165) is 5.56 Å². The van der Waals surface area contributed by atoms with Crippen LogP contribution >= 0.6 is 0 Å². The Morgan fingerprint density at radius 1 is 1.57 bits per heavy atom. The van der Waals surface area contributed by atoms with E-state index < -0.39 is 11.1 Å². The highest BCUT2D eigenvalue weighted by Crippen LogP contribution is 2.20. The first-order chi connectivity index (χ1) is 6.65. The molecule has 0 saturated heterocycles. The van der Waals surface area contributed by atoms with Crippen LogP contribution in [-0.4, -0.2) is 27.1 Å².